The summed E-state index contributed by atoms with van der Waals surface area (Å²) in [5, 5.41) is 3.43. The predicted octanol–water partition coefficient (Wildman–Crippen LogP) is 2.86. The summed E-state index contributed by atoms with van der Waals surface area (Å²) in [6, 6.07) is 10.4. The van der Waals surface area contributed by atoms with E-state index in [1.165, 1.54) is 3.97 Å². The van der Waals surface area contributed by atoms with Crippen molar-refractivity contribution in [2.24, 2.45) is 0 Å². The summed E-state index contributed by atoms with van der Waals surface area (Å²) in [4.78, 5) is 22.1. The van der Waals surface area contributed by atoms with Gasteiger partial charge in [-0.25, -0.2) is 18.7 Å². The molecule has 1 N–H and O–H groups in total. The Morgan fingerprint density at radius 2 is 2.00 bits per heavy atom. The van der Waals surface area contributed by atoms with Gasteiger partial charge in [-0.1, -0.05) is 50.1 Å². The Labute approximate surface area is 151 Å². The normalized spacial score (nSPS) is 14.2. The van der Waals surface area contributed by atoms with Crippen molar-refractivity contribution in [3.05, 3.63) is 52.2 Å². The van der Waals surface area contributed by atoms with Crippen molar-refractivity contribution in [2.75, 3.05) is 5.32 Å². The van der Waals surface area contributed by atoms with Crippen molar-refractivity contribution in [1.29, 1.82) is 0 Å². The van der Waals surface area contributed by atoms with E-state index in [0.29, 0.717) is 23.8 Å². The van der Waals surface area contributed by atoms with Crippen LogP contribution in [0, 0.1) is 0 Å². The van der Waals surface area contributed by atoms with Crippen LogP contribution in [-0.2, 0) is 13.0 Å². The molecular weight excluding hydrogens is 334 g/mol. The van der Waals surface area contributed by atoms with Crippen LogP contribution < -0.4 is 11.0 Å². The first-order valence-corrected chi connectivity index (χ1v) is 9.09. The number of hydrogen-bond acceptors (Lipinski definition) is 5. The molecule has 3 aromatic rings. The number of thiol groups is 1. The summed E-state index contributed by atoms with van der Waals surface area (Å²) in [6.45, 7) is 2.57. The van der Waals surface area contributed by atoms with E-state index in [1.807, 2.05) is 30.3 Å². The molecular formula is C18H21N5OS. The second-order valence-corrected chi connectivity index (χ2v) is 6.90. The third-order valence-corrected chi connectivity index (χ3v) is 4.74. The van der Waals surface area contributed by atoms with Crippen LogP contribution in [0.15, 0.2) is 35.1 Å². The highest BCUT2D eigenvalue weighted by molar-refractivity contribution is 7.78. The van der Waals surface area contributed by atoms with Crippen molar-refractivity contribution in [3.8, 4) is 0 Å². The van der Waals surface area contributed by atoms with Gasteiger partial charge in [0.05, 0.1) is 6.54 Å². The largest absolute Gasteiger partial charge is 0.365 e. The third kappa shape index (κ3) is 3.16. The zero-order valence-electron chi connectivity index (χ0n) is 14.1. The highest BCUT2D eigenvalue weighted by atomic mass is 32.1. The highest BCUT2D eigenvalue weighted by Gasteiger charge is 2.25. The molecule has 7 heteroatoms. The number of nitrogens with zero attached hydrogens (tertiary/aromatic N) is 4. The summed E-state index contributed by atoms with van der Waals surface area (Å²) in [5.41, 5.74) is 2.17. The Morgan fingerprint density at radius 1 is 1.24 bits per heavy atom. The van der Waals surface area contributed by atoms with Crippen molar-refractivity contribution in [1.82, 2.24) is 18.5 Å². The van der Waals surface area contributed by atoms with Gasteiger partial charge in [-0.15, -0.1) is 0 Å². The van der Waals surface area contributed by atoms with Gasteiger partial charge in [0.25, 0.3) is 0 Å². The van der Waals surface area contributed by atoms with Gasteiger partial charge in [0.2, 0.25) is 0 Å². The summed E-state index contributed by atoms with van der Waals surface area (Å²) in [7, 11) is 0. The fourth-order valence-corrected chi connectivity index (χ4v) is 3.23. The lowest BCUT2D eigenvalue weighted by Crippen LogP contribution is -2.21. The standard InChI is InChI=1S/C18H21N5OS/c1-2-6-14-20-16(19-13-9-10-13)15-17(21-14)22(18(24)23(15)25)11-12-7-4-3-5-8-12/h3-5,7-8,13,25H,2,6,9-11H2,1H3,(H,19,20,21). The molecule has 0 spiro atoms. The van der Waals surface area contributed by atoms with Crippen LogP contribution >= 0.6 is 12.8 Å². The number of rotatable bonds is 6. The molecule has 25 heavy (non-hydrogen) atoms. The Morgan fingerprint density at radius 3 is 2.68 bits per heavy atom. The maximum Gasteiger partial charge on any atom is 0.340 e. The molecule has 0 aliphatic heterocycles. The van der Waals surface area contributed by atoms with Crippen molar-refractivity contribution in [3.63, 3.8) is 0 Å². The first kappa shape index (κ1) is 16.2. The monoisotopic (exact) mass is 355 g/mol. The Kier molecular flexibility index (Phi) is 4.25. The molecule has 0 saturated heterocycles. The smallest absolute Gasteiger partial charge is 0.340 e. The van der Waals surface area contributed by atoms with E-state index < -0.39 is 0 Å². The minimum Gasteiger partial charge on any atom is -0.365 e. The van der Waals surface area contributed by atoms with Crippen LogP contribution in [0.25, 0.3) is 11.2 Å². The molecule has 0 radical (unpaired) electrons. The first-order chi connectivity index (χ1) is 12.2. The zero-order valence-corrected chi connectivity index (χ0v) is 15.0. The molecule has 0 atom stereocenters. The van der Waals surface area contributed by atoms with Crippen LogP contribution in [0.1, 0.15) is 37.6 Å². The van der Waals surface area contributed by atoms with Crippen molar-refractivity contribution in [2.45, 2.75) is 45.2 Å². The van der Waals surface area contributed by atoms with Crippen LogP contribution in [-0.4, -0.2) is 24.5 Å². The van der Waals surface area contributed by atoms with Crippen LogP contribution in [0.2, 0.25) is 0 Å². The molecule has 0 bridgehead atoms. The SMILES string of the molecule is CCCc1nc(NC2CC2)c2c(n1)n(Cc1ccccc1)c(=O)n2S. The number of anilines is 1. The second-order valence-electron chi connectivity index (χ2n) is 6.50. The molecule has 0 amide bonds. The number of imidazole rings is 1. The number of aromatic nitrogens is 4. The molecule has 130 valence electrons. The molecule has 1 saturated carbocycles. The van der Waals surface area contributed by atoms with Gasteiger partial charge in [0.1, 0.15) is 11.3 Å². The maximum atomic E-state index is 12.8. The fraction of sp³-hybridized carbons (Fsp3) is 0.389. The Balaban J connectivity index is 1.88. The molecule has 1 aliphatic carbocycles. The third-order valence-electron chi connectivity index (χ3n) is 4.37. The van der Waals surface area contributed by atoms with Gasteiger partial charge in [-0.3, -0.25) is 4.57 Å². The average Bonchev–Trinajstić information content (AvgIpc) is 3.39. The molecule has 4 rings (SSSR count). The van der Waals surface area contributed by atoms with E-state index in [1.54, 1.807) is 4.57 Å². The minimum absolute atomic E-state index is 0.191. The van der Waals surface area contributed by atoms with Crippen LogP contribution in [0.3, 0.4) is 0 Å². The van der Waals surface area contributed by atoms with Crippen molar-refractivity contribution >= 4 is 29.8 Å². The van der Waals surface area contributed by atoms with Gasteiger partial charge in [0.15, 0.2) is 11.5 Å². The second kappa shape index (κ2) is 6.55. The van der Waals surface area contributed by atoms with Crippen molar-refractivity contribution < 1.29 is 0 Å². The van der Waals surface area contributed by atoms with Crippen LogP contribution in [0.4, 0.5) is 5.82 Å². The van der Waals surface area contributed by atoms with Gasteiger partial charge in [-0.05, 0) is 24.8 Å². The lowest BCUT2D eigenvalue weighted by Gasteiger charge is -2.09. The zero-order chi connectivity index (χ0) is 17.4. The van der Waals surface area contributed by atoms with Gasteiger partial charge < -0.3 is 5.32 Å². The number of fused-ring (bicyclic) bond motifs is 1. The van der Waals surface area contributed by atoms with E-state index in [-0.39, 0.29) is 5.69 Å². The van der Waals surface area contributed by atoms with Crippen LogP contribution in [0.5, 0.6) is 0 Å². The number of aryl methyl sites for hydroxylation is 1. The number of benzene rings is 1. The summed E-state index contributed by atoms with van der Waals surface area (Å²) in [5.74, 6) is 1.48. The molecule has 1 aromatic carbocycles. The topological polar surface area (TPSA) is 64.7 Å². The molecule has 1 fully saturated rings. The lowest BCUT2D eigenvalue weighted by atomic mass is 10.2. The van der Waals surface area contributed by atoms with E-state index in [4.69, 9.17) is 0 Å². The molecule has 1 aliphatic rings. The van der Waals surface area contributed by atoms with Gasteiger partial charge >= 0.3 is 5.69 Å². The molecule has 6 nitrogen and oxygen atoms in total. The van der Waals surface area contributed by atoms with E-state index in [0.717, 1.165) is 42.9 Å². The Bertz CT molecular complexity index is 959. The quantitative estimate of drug-likeness (QED) is 0.668. The van der Waals surface area contributed by atoms with E-state index in [2.05, 4.69) is 35.0 Å². The highest BCUT2D eigenvalue weighted by Crippen LogP contribution is 2.28. The first-order valence-electron chi connectivity index (χ1n) is 8.69. The van der Waals surface area contributed by atoms with Gasteiger partial charge in [-0.2, -0.15) is 0 Å². The minimum atomic E-state index is -0.191. The summed E-state index contributed by atoms with van der Waals surface area (Å²) in [6.07, 6.45) is 4.01. The van der Waals surface area contributed by atoms with E-state index >= 15 is 0 Å². The predicted molar refractivity (Wildman–Crippen MR) is 102 cm³/mol. The number of nitrogens with one attached hydrogen (secondary N) is 1. The molecule has 0 unspecified atom stereocenters. The summed E-state index contributed by atoms with van der Waals surface area (Å²) >= 11 is 4.41. The van der Waals surface area contributed by atoms with E-state index in [9.17, 15) is 4.79 Å². The lowest BCUT2D eigenvalue weighted by molar-refractivity contribution is 0.763. The average molecular weight is 355 g/mol. The molecule has 2 aromatic heterocycles. The number of hydrogen-bond donors (Lipinski definition) is 2. The Hall–Kier alpha value is -2.28. The maximum absolute atomic E-state index is 12.8. The van der Waals surface area contributed by atoms with Gasteiger partial charge in [0, 0.05) is 12.5 Å². The fourth-order valence-electron chi connectivity index (χ4n) is 2.94. The summed E-state index contributed by atoms with van der Waals surface area (Å²) < 4.78 is 3.04. The molecule has 2 heterocycles.